The molecule has 0 saturated carbocycles. The van der Waals surface area contributed by atoms with Crippen molar-refractivity contribution in [3.8, 4) is 0 Å². The van der Waals surface area contributed by atoms with Gasteiger partial charge < -0.3 is 5.41 Å². The van der Waals surface area contributed by atoms with E-state index in [1.54, 1.807) is 44.2 Å². The molecule has 0 spiro atoms. The van der Waals surface area contributed by atoms with Gasteiger partial charge in [-0.25, -0.2) is 14.4 Å². The number of hydrogen-bond donors (Lipinski definition) is 1. The zero-order valence-corrected chi connectivity index (χ0v) is 16.0. The van der Waals surface area contributed by atoms with Crippen molar-refractivity contribution in [2.75, 3.05) is 0 Å². The van der Waals surface area contributed by atoms with Gasteiger partial charge >= 0.3 is 0 Å². The molecule has 29 heavy (non-hydrogen) atoms. The quantitative estimate of drug-likeness (QED) is 0.362. The van der Waals surface area contributed by atoms with Crippen LogP contribution in [0, 0.1) is 35.9 Å². The Balaban J connectivity index is 2.15. The summed E-state index contributed by atoms with van der Waals surface area (Å²) in [4.78, 5) is 33.0. The van der Waals surface area contributed by atoms with E-state index < -0.39 is 23.6 Å². The van der Waals surface area contributed by atoms with Crippen molar-refractivity contribution < 1.29 is 9.18 Å². The van der Waals surface area contributed by atoms with Crippen molar-refractivity contribution in [2.45, 2.75) is 19.9 Å². The van der Waals surface area contributed by atoms with Crippen molar-refractivity contribution in [2.24, 2.45) is 11.1 Å². The van der Waals surface area contributed by atoms with Crippen LogP contribution in [0.2, 0.25) is 0 Å². The lowest BCUT2D eigenvalue weighted by Crippen LogP contribution is -2.31. The highest BCUT2D eigenvalue weighted by molar-refractivity contribution is 6.18. The number of aryl methyl sites for hydroxylation is 2. The maximum absolute atomic E-state index is 14.6. The first-order valence-corrected chi connectivity index (χ1v) is 8.96. The number of Topliss-reactive ketones (excluding diaryl/α,β-unsaturated/α-hetero) is 1. The molecule has 0 radical (unpaired) electrons. The molecule has 0 bridgehead atoms. The van der Waals surface area contributed by atoms with Crippen LogP contribution in [0.15, 0.2) is 66.4 Å². The number of halogens is 1. The van der Waals surface area contributed by atoms with Crippen LogP contribution in [0.3, 0.4) is 0 Å². The smallest absolute Gasteiger partial charge is 0.174 e. The fourth-order valence-corrected chi connectivity index (χ4v) is 3.23. The molecule has 0 amide bonds. The number of nitroso groups, excluding NO2 is 1. The van der Waals surface area contributed by atoms with Crippen molar-refractivity contribution in [1.29, 1.82) is 5.41 Å². The van der Waals surface area contributed by atoms with E-state index in [1.807, 2.05) is 0 Å². The zero-order valence-electron chi connectivity index (χ0n) is 16.0. The number of rotatable bonds is 7. The Hall–Kier alpha value is -3.61. The summed E-state index contributed by atoms with van der Waals surface area (Å²) in [6, 6.07) is 9.97. The molecular weight excluding hydrogens is 371 g/mol. The number of benzene rings is 2. The predicted octanol–water partition coefficient (Wildman–Crippen LogP) is 4.61. The van der Waals surface area contributed by atoms with E-state index in [4.69, 9.17) is 5.41 Å². The maximum atomic E-state index is 14.6. The van der Waals surface area contributed by atoms with Crippen LogP contribution >= 0.6 is 0 Å². The summed E-state index contributed by atoms with van der Waals surface area (Å²) in [5, 5.41) is 11.7. The van der Waals surface area contributed by atoms with Gasteiger partial charge in [0.15, 0.2) is 5.78 Å². The first kappa shape index (κ1) is 20.1. The van der Waals surface area contributed by atoms with Crippen LogP contribution in [-0.2, 0) is 0 Å². The Morgan fingerprint density at radius 3 is 2.38 bits per heavy atom. The van der Waals surface area contributed by atoms with Crippen molar-refractivity contribution in [3.63, 3.8) is 0 Å². The molecule has 3 rings (SSSR count). The normalized spacial score (nSPS) is 12.8. The van der Waals surface area contributed by atoms with E-state index in [-0.39, 0.29) is 16.8 Å². The lowest BCUT2D eigenvalue weighted by Gasteiger charge is -2.23. The number of nitrogens with one attached hydrogen (secondary N) is 1. The van der Waals surface area contributed by atoms with E-state index in [2.05, 4.69) is 15.1 Å². The molecule has 1 N–H and O–H groups in total. The Morgan fingerprint density at radius 1 is 1.07 bits per heavy atom. The van der Waals surface area contributed by atoms with Crippen LogP contribution in [0.1, 0.15) is 38.7 Å². The predicted molar refractivity (Wildman–Crippen MR) is 108 cm³/mol. The molecule has 2 aromatic carbocycles. The van der Waals surface area contributed by atoms with Gasteiger partial charge in [-0.05, 0) is 37.1 Å². The average Bonchev–Trinajstić information content (AvgIpc) is 2.72. The molecule has 1 aromatic heterocycles. The Kier molecular flexibility index (Phi) is 5.97. The van der Waals surface area contributed by atoms with Gasteiger partial charge in [0.1, 0.15) is 18.2 Å². The van der Waals surface area contributed by atoms with Gasteiger partial charge in [-0.2, -0.15) is 4.91 Å². The summed E-state index contributed by atoms with van der Waals surface area (Å²) in [7, 11) is 0. The monoisotopic (exact) mass is 390 g/mol. The van der Waals surface area contributed by atoms with Crippen molar-refractivity contribution >= 4 is 11.5 Å². The minimum atomic E-state index is -1.32. The largest absolute Gasteiger partial charge is 0.304 e. The van der Waals surface area contributed by atoms with Crippen LogP contribution < -0.4 is 0 Å². The first-order chi connectivity index (χ1) is 13.9. The Morgan fingerprint density at radius 2 is 1.76 bits per heavy atom. The average molecular weight is 390 g/mol. The minimum absolute atomic E-state index is 0.0481. The number of carbonyl (C=O) groups excluding carboxylic acids is 1. The molecule has 7 heteroatoms. The molecule has 146 valence electrons. The third-order valence-electron chi connectivity index (χ3n) is 4.77. The summed E-state index contributed by atoms with van der Waals surface area (Å²) >= 11 is 0. The second kappa shape index (κ2) is 8.60. The van der Waals surface area contributed by atoms with Gasteiger partial charge in [0.2, 0.25) is 0 Å². The van der Waals surface area contributed by atoms with Gasteiger partial charge in [0.05, 0.1) is 11.6 Å². The lowest BCUT2D eigenvalue weighted by atomic mass is 9.81. The van der Waals surface area contributed by atoms with E-state index in [0.29, 0.717) is 16.7 Å². The molecule has 1 heterocycles. The fraction of sp³-hybridized carbons (Fsp3) is 0.182. The number of ketones is 1. The summed E-state index contributed by atoms with van der Waals surface area (Å²) < 4.78 is 14.6. The maximum Gasteiger partial charge on any atom is 0.174 e. The van der Waals surface area contributed by atoms with E-state index in [9.17, 15) is 14.1 Å². The highest BCUT2D eigenvalue weighted by Crippen LogP contribution is 2.32. The standard InChI is InChI=1S/C22H19FN4O2/c1-13-7-8-17(18(23)9-13)20(24)19(21(27-29)15-10-25-12-26-11-15)22(28)16-6-4-3-5-14(16)2/h3-12,19,21,24H,1-2H3. The summed E-state index contributed by atoms with van der Waals surface area (Å²) in [5.41, 5.74) is 1.64. The molecule has 0 aliphatic heterocycles. The van der Waals surface area contributed by atoms with Crippen LogP contribution in [0.4, 0.5) is 4.39 Å². The molecular formula is C22H19FN4O2. The molecule has 6 nitrogen and oxygen atoms in total. The van der Waals surface area contributed by atoms with Crippen molar-refractivity contribution in [1.82, 2.24) is 9.97 Å². The number of nitrogens with zero attached hydrogens (tertiary/aromatic N) is 3. The molecule has 0 aliphatic carbocycles. The van der Waals surface area contributed by atoms with Crippen LogP contribution in [0.5, 0.6) is 0 Å². The minimum Gasteiger partial charge on any atom is -0.304 e. The second-order valence-corrected chi connectivity index (χ2v) is 6.78. The molecule has 0 aliphatic rings. The van der Waals surface area contributed by atoms with Gasteiger partial charge in [0, 0.05) is 29.1 Å². The lowest BCUT2D eigenvalue weighted by molar-refractivity contribution is 0.0940. The molecule has 3 aromatic rings. The topological polar surface area (TPSA) is 96.1 Å². The van der Waals surface area contributed by atoms with Gasteiger partial charge in [-0.3, -0.25) is 4.79 Å². The van der Waals surface area contributed by atoms with E-state index in [1.165, 1.54) is 30.9 Å². The molecule has 2 unspecified atom stereocenters. The highest BCUT2D eigenvalue weighted by Gasteiger charge is 2.37. The number of carbonyl (C=O) groups is 1. The number of aromatic nitrogens is 2. The van der Waals surface area contributed by atoms with Gasteiger partial charge in [-0.15, -0.1) is 0 Å². The third-order valence-corrected chi connectivity index (χ3v) is 4.77. The van der Waals surface area contributed by atoms with Gasteiger partial charge in [0.25, 0.3) is 0 Å². The summed E-state index contributed by atoms with van der Waals surface area (Å²) in [5.74, 6) is -2.44. The third kappa shape index (κ3) is 4.13. The van der Waals surface area contributed by atoms with Gasteiger partial charge in [-0.1, -0.05) is 35.5 Å². The fourth-order valence-electron chi connectivity index (χ4n) is 3.23. The second-order valence-electron chi connectivity index (χ2n) is 6.78. The molecule has 0 fully saturated rings. The zero-order chi connectivity index (χ0) is 21.0. The highest BCUT2D eigenvalue weighted by atomic mass is 19.1. The number of hydrogen-bond acceptors (Lipinski definition) is 6. The first-order valence-electron chi connectivity index (χ1n) is 8.96. The summed E-state index contributed by atoms with van der Waals surface area (Å²) in [6.07, 6.45) is 4.03. The Bertz CT molecular complexity index is 1070. The Labute approximate surface area is 167 Å². The SMILES string of the molecule is Cc1ccc(C(=N)C(C(=O)c2ccccc2C)C(N=O)c2cncnc2)c(F)c1. The van der Waals surface area contributed by atoms with Crippen LogP contribution in [0.25, 0.3) is 0 Å². The summed E-state index contributed by atoms with van der Waals surface area (Å²) in [6.45, 7) is 3.48. The van der Waals surface area contributed by atoms with E-state index in [0.717, 1.165) is 0 Å². The van der Waals surface area contributed by atoms with Crippen molar-refractivity contribution in [3.05, 3.63) is 99.7 Å². The van der Waals surface area contributed by atoms with E-state index >= 15 is 0 Å². The molecule has 0 saturated heterocycles. The van der Waals surface area contributed by atoms with Crippen LogP contribution in [-0.4, -0.2) is 21.5 Å². The molecule has 2 atom stereocenters.